The Hall–Kier alpha value is -0.420. The van der Waals surface area contributed by atoms with Gasteiger partial charge in [0.05, 0.1) is 6.04 Å². The fraction of sp³-hybridized carbons (Fsp3) is 0.857. The van der Waals surface area contributed by atoms with Crippen molar-refractivity contribution in [2.24, 2.45) is 0 Å². The third-order valence-corrected chi connectivity index (χ3v) is 4.16. The van der Waals surface area contributed by atoms with E-state index in [1.165, 1.54) is 19.3 Å². The number of nitrogens with zero attached hydrogens (tertiary/aromatic N) is 1. The Morgan fingerprint density at radius 2 is 1.83 bits per heavy atom. The van der Waals surface area contributed by atoms with Gasteiger partial charge >= 0.3 is 0 Å². The van der Waals surface area contributed by atoms with E-state index >= 15 is 0 Å². The van der Waals surface area contributed by atoms with Gasteiger partial charge in [-0.25, -0.2) is 0 Å². The maximum atomic E-state index is 10.5. The van der Waals surface area contributed by atoms with E-state index in [9.17, 15) is 5.11 Å². The van der Waals surface area contributed by atoms with E-state index in [2.05, 4.69) is 17.1 Å². The largest absolute Gasteiger partial charge is 0.388 e. The average Bonchev–Trinajstić information content (AvgIpc) is 2.66. The van der Waals surface area contributed by atoms with Crippen LogP contribution in [0.25, 0.3) is 0 Å². The van der Waals surface area contributed by atoms with Crippen LogP contribution in [0.3, 0.4) is 0 Å². The zero-order valence-electron chi connectivity index (χ0n) is 11.2. The Balaban J connectivity index is 1.74. The van der Waals surface area contributed by atoms with E-state index in [1.807, 2.05) is 13.8 Å². The fourth-order valence-corrected chi connectivity index (χ4v) is 3.32. The lowest BCUT2D eigenvalue weighted by Gasteiger charge is -2.39. The van der Waals surface area contributed by atoms with Crippen LogP contribution in [0.1, 0.15) is 33.1 Å². The van der Waals surface area contributed by atoms with Crippen molar-refractivity contribution in [3.05, 3.63) is 12.2 Å². The summed E-state index contributed by atoms with van der Waals surface area (Å²) in [6.45, 7) is 5.96. The highest BCUT2D eigenvalue weighted by Gasteiger charge is 2.48. The van der Waals surface area contributed by atoms with Crippen LogP contribution in [-0.4, -0.2) is 53.2 Å². The van der Waals surface area contributed by atoms with Crippen LogP contribution in [0.2, 0.25) is 0 Å². The first kappa shape index (κ1) is 12.6. The zero-order chi connectivity index (χ0) is 12.8. The lowest BCUT2D eigenvalue weighted by atomic mass is 9.92. The SMILES string of the molecule is CC1(C)OC2C=CC(N3CCCCC3)C(O)[C@H]2O1. The standard InChI is InChI=1S/C14H23NO3/c1-14(2)17-11-7-6-10(12(16)13(11)18-14)15-8-4-3-5-9-15/h6-7,10-13,16H,3-5,8-9H2,1-2H3/t10?,11?,12?,13-/m0/s1. The summed E-state index contributed by atoms with van der Waals surface area (Å²) in [7, 11) is 0. The van der Waals surface area contributed by atoms with Gasteiger partial charge < -0.3 is 14.6 Å². The van der Waals surface area contributed by atoms with Crippen molar-refractivity contribution < 1.29 is 14.6 Å². The minimum Gasteiger partial charge on any atom is -0.388 e. The smallest absolute Gasteiger partial charge is 0.164 e. The summed E-state index contributed by atoms with van der Waals surface area (Å²) in [5, 5.41) is 10.5. The molecule has 2 aliphatic heterocycles. The van der Waals surface area contributed by atoms with Crippen LogP contribution in [0.15, 0.2) is 12.2 Å². The highest BCUT2D eigenvalue weighted by atomic mass is 16.8. The van der Waals surface area contributed by atoms with Crippen LogP contribution in [0, 0.1) is 0 Å². The Morgan fingerprint density at radius 1 is 1.11 bits per heavy atom. The third-order valence-electron chi connectivity index (χ3n) is 4.16. The van der Waals surface area contributed by atoms with E-state index < -0.39 is 11.9 Å². The van der Waals surface area contributed by atoms with Crippen molar-refractivity contribution in [1.82, 2.24) is 4.90 Å². The molecule has 2 fully saturated rings. The molecule has 0 aromatic carbocycles. The molecule has 3 aliphatic rings. The molecule has 4 atom stereocenters. The molecule has 0 saturated carbocycles. The van der Waals surface area contributed by atoms with Crippen molar-refractivity contribution in [1.29, 1.82) is 0 Å². The molecule has 1 N–H and O–H groups in total. The molecule has 3 rings (SSSR count). The van der Waals surface area contributed by atoms with Crippen LogP contribution < -0.4 is 0 Å². The van der Waals surface area contributed by atoms with Gasteiger partial charge in [0.25, 0.3) is 0 Å². The fourth-order valence-electron chi connectivity index (χ4n) is 3.32. The molecule has 0 aromatic rings. The van der Waals surface area contributed by atoms with E-state index in [0.29, 0.717) is 0 Å². The topological polar surface area (TPSA) is 41.9 Å². The van der Waals surface area contributed by atoms with Gasteiger partial charge in [-0.1, -0.05) is 18.6 Å². The van der Waals surface area contributed by atoms with Crippen molar-refractivity contribution in [2.45, 2.75) is 63.3 Å². The first-order chi connectivity index (χ1) is 8.57. The van der Waals surface area contributed by atoms with Gasteiger partial charge in [0, 0.05) is 0 Å². The van der Waals surface area contributed by atoms with Crippen molar-refractivity contribution >= 4 is 0 Å². The molecule has 3 unspecified atom stereocenters. The number of rotatable bonds is 1. The van der Waals surface area contributed by atoms with Gasteiger partial charge in [-0.2, -0.15) is 0 Å². The molecule has 102 valence electrons. The number of hydrogen-bond donors (Lipinski definition) is 1. The normalized spacial score (nSPS) is 43.9. The van der Waals surface area contributed by atoms with Crippen LogP contribution >= 0.6 is 0 Å². The van der Waals surface area contributed by atoms with Crippen LogP contribution in [-0.2, 0) is 9.47 Å². The van der Waals surface area contributed by atoms with E-state index in [-0.39, 0.29) is 18.2 Å². The van der Waals surface area contributed by atoms with Crippen molar-refractivity contribution in [3.8, 4) is 0 Å². The highest BCUT2D eigenvalue weighted by Crippen LogP contribution is 2.35. The second-order valence-corrected chi connectivity index (χ2v) is 6.03. The van der Waals surface area contributed by atoms with Crippen LogP contribution in [0.5, 0.6) is 0 Å². The Kier molecular flexibility index (Phi) is 3.22. The summed E-state index contributed by atoms with van der Waals surface area (Å²) < 4.78 is 11.6. The minimum absolute atomic E-state index is 0.0871. The minimum atomic E-state index is -0.586. The number of aliphatic hydroxyl groups excluding tert-OH is 1. The number of ether oxygens (including phenoxy) is 2. The van der Waals surface area contributed by atoms with Crippen LogP contribution in [0.4, 0.5) is 0 Å². The second-order valence-electron chi connectivity index (χ2n) is 6.03. The van der Waals surface area contributed by atoms with E-state index in [1.54, 1.807) is 0 Å². The van der Waals surface area contributed by atoms with Gasteiger partial charge in [-0.3, -0.25) is 4.90 Å². The molecule has 0 bridgehead atoms. The second kappa shape index (κ2) is 4.60. The first-order valence-corrected chi connectivity index (χ1v) is 7.03. The van der Waals surface area contributed by atoms with Crippen molar-refractivity contribution in [3.63, 3.8) is 0 Å². The molecule has 0 amide bonds. The zero-order valence-corrected chi connectivity index (χ0v) is 11.2. The monoisotopic (exact) mass is 253 g/mol. The number of likely N-dealkylation sites (tertiary alicyclic amines) is 1. The number of aliphatic hydroxyl groups is 1. The van der Waals surface area contributed by atoms with Gasteiger partial charge in [0.1, 0.15) is 18.3 Å². The lowest BCUT2D eigenvalue weighted by molar-refractivity contribution is -0.156. The predicted molar refractivity (Wildman–Crippen MR) is 68.2 cm³/mol. The van der Waals surface area contributed by atoms with Gasteiger partial charge in [0.2, 0.25) is 0 Å². The Labute approximate surface area is 109 Å². The quantitative estimate of drug-likeness (QED) is 0.715. The molecular weight excluding hydrogens is 230 g/mol. The molecule has 0 radical (unpaired) electrons. The maximum absolute atomic E-state index is 10.5. The van der Waals surface area contributed by atoms with Gasteiger partial charge in [0.15, 0.2) is 5.79 Å². The van der Waals surface area contributed by atoms with Gasteiger partial charge in [-0.15, -0.1) is 0 Å². The molecular formula is C14H23NO3. The van der Waals surface area contributed by atoms with Crippen molar-refractivity contribution in [2.75, 3.05) is 13.1 Å². The highest BCUT2D eigenvalue weighted by molar-refractivity contribution is 5.14. The third kappa shape index (κ3) is 2.23. The molecule has 2 saturated heterocycles. The summed E-state index contributed by atoms with van der Waals surface area (Å²) >= 11 is 0. The lowest BCUT2D eigenvalue weighted by Crippen LogP contribution is -2.53. The van der Waals surface area contributed by atoms with E-state index in [0.717, 1.165) is 13.1 Å². The summed E-state index contributed by atoms with van der Waals surface area (Å²) in [4.78, 5) is 2.37. The number of piperidine rings is 1. The average molecular weight is 253 g/mol. The summed E-state index contributed by atoms with van der Waals surface area (Å²) in [6.07, 6.45) is 7.12. The molecule has 0 aromatic heterocycles. The molecule has 4 heteroatoms. The number of hydrogen-bond acceptors (Lipinski definition) is 4. The van der Waals surface area contributed by atoms with E-state index in [4.69, 9.17) is 9.47 Å². The number of fused-ring (bicyclic) bond motifs is 1. The summed E-state index contributed by atoms with van der Waals surface area (Å²) in [6, 6.07) is 0.0871. The molecule has 1 aliphatic carbocycles. The van der Waals surface area contributed by atoms with Gasteiger partial charge in [-0.05, 0) is 39.8 Å². The molecule has 4 nitrogen and oxygen atoms in total. The molecule has 0 spiro atoms. The molecule has 2 heterocycles. The maximum Gasteiger partial charge on any atom is 0.164 e. The summed E-state index contributed by atoms with van der Waals surface area (Å²) in [5.74, 6) is -0.586. The Bertz CT molecular complexity index is 336. The predicted octanol–water partition coefficient (Wildman–Crippen LogP) is 1.29. The Morgan fingerprint density at radius 3 is 2.56 bits per heavy atom. The first-order valence-electron chi connectivity index (χ1n) is 7.03. The molecule has 18 heavy (non-hydrogen) atoms. The summed E-state index contributed by atoms with van der Waals surface area (Å²) in [5.41, 5.74) is 0.